The number of fused-ring (bicyclic) bond motifs is 1. The van der Waals surface area contributed by atoms with Crippen molar-refractivity contribution < 1.29 is 32.6 Å². The Labute approximate surface area is 279 Å². The van der Waals surface area contributed by atoms with E-state index in [1.54, 1.807) is 41.6 Å². The number of aromatic nitrogens is 2. The van der Waals surface area contributed by atoms with Crippen LogP contribution in [0, 0.1) is 5.92 Å². The van der Waals surface area contributed by atoms with E-state index < -0.39 is 22.2 Å². The van der Waals surface area contributed by atoms with Crippen LogP contribution in [0.15, 0.2) is 35.7 Å². The molecule has 0 saturated heterocycles. The number of benzene rings is 1. The van der Waals surface area contributed by atoms with Gasteiger partial charge >= 0.3 is 6.03 Å². The molecule has 14 heteroatoms. The Morgan fingerprint density at radius 2 is 1.87 bits per heavy atom. The van der Waals surface area contributed by atoms with Crippen LogP contribution in [-0.2, 0) is 21.8 Å². The van der Waals surface area contributed by atoms with Crippen molar-refractivity contribution in [3.63, 3.8) is 0 Å². The minimum absolute atomic E-state index is 0.0515. The second-order valence-electron chi connectivity index (χ2n) is 13.1. The van der Waals surface area contributed by atoms with Crippen molar-refractivity contribution in [3.05, 3.63) is 36.3 Å². The standard InChI is InChI=1S/C33H52N6O7S/c1-23-18-39(24(2)21-40)32(41)28-17-27(36-33(42)35-26-12-7-6-8-13-26)14-15-29(28)46-25(3)11-9-10-16-45-30(23)19-38(5)47(43,44)31-20-37(4)22-34-31/h14-15,17,20,22-26,30,40H,6-13,16,18-19,21H2,1-5H3,(H2,35,36,42)/t23-,24+,25+,30+/m0/s1. The summed E-state index contributed by atoms with van der Waals surface area (Å²) in [7, 11) is -0.669. The van der Waals surface area contributed by atoms with Gasteiger partial charge in [-0.25, -0.2) is 18.2 Å². The molecule has 3 N–H and O–H groups in total. The molecule has 47 heavy (non-hydrogen) atoms. The van der Waals surface area contributed by atoms with Crippen LogP contribution >= 0.6 is 0 Å². The van der Waals surface area contributed by atoms with E-state index in [1.807, 2.05) is 13.8 Å². The third kappa shape index (κ3) is 9.91. The fraction of sp³-hybridized carbons (Fsp3) is 0.667. The van der Waals surface area contributed by atoms with Crippen LogP contribution in [-0.4, -0.2) is 102 Å². The molecular weight excluding hydrogens is 624 g/mol. The molecule has 0 unspecified atom stereocenters. The van der Waals surface area contributed by atoms with Gasteiger partial charge in [-0.3, -0.25) is 4.79 Å². The molecule has 4 rings (SSSR count). The molecule has 2 heterocycles. The van der Waals surface area contributed by atoms with E-state index >= 15 is 0 Å². The molecule has 4 atom stereocenters. The molecule has 2 aromatic rings. The van der Waals surface area contributed by atoms with Crippen LogP contribution in [0.5, 0.6) is 5.75 Å². The molecular formula is C33H52N6O7S. The summed E-state index contributed by atoms with van der Waals surface area (Å²) in [5.41, 5.74) is 0.721. The van der Waals surface area contributed by atoms with Gasteiger partial charge in [-0.15, -0.1) is 0 Å². The maximum Gasteiger partial charge on any atom is 0.319 e. The fourth-order valence-electron chi connectivity index (χ4n) is 6.10. The SMILES string of the molecule is C[C@@H]1CCCCO[C@H](CN(C)S(=O)(=O)c2cn(C)cn2)[C@@H](C)CN([C@H](C)CO)C(=O)c2cc(NC(=O)NC3CCCCC3)ccc2O1. The predicted molar refractivity (Wildman–Crippen MR) is 179 cm³/mol. The van der Waals surface area contributed by atoms with E-state index in [-0.39, 0.29) is 60.3 Å². The van der Waals surface area contributed by atoms with Crippen LogP contribution in [0.3, 0.4) is 0 Å². The van der Waals surface area contributed by atoms with Crippen molar-refractivity contribution in [3.8, 4) is 5.75 Å². The summed E-state index contributed by atoms with van der Waals surface area (Å²) < 4.78 is 42.0. The van der Waals surface area contributed by atoms with Crippen molar-refractivity contribution >= 4 is 27.6 Å². The Kier molecular flexibility index (Phi) is 13.1. The highest BCUT2D eigenvalue weighted by molar-refractivity contribution is 7.89. The maximum absolute atomic E-state index is 14.3. The zero-order chi connectivity index (χ0) is 34.1. The van der Waals surface area contributed by atoms with Crippen molar-refractivity contribution in [2.75, 3.05) is 38.7 Å². The van der Waals surface area contributed by atoms with Gasteiger partial charge < -0.3 is 34.7 Å². The molecule has 1 aromatic carbocycles. The fourth-order valence-corrected chi connectivity index (χ4v) is 7.24. The number of likely N-dealkylation sites (N-methyl/N-ethyl adjacent to an activating group) is 1. The number of ether oxygens (including phenoxy) is 2. The summed E-state index contributed by atoms with van der Waals surface area (Å²) >= 11 is 0. The van der Waals surface area contributed by atoms with E-state index in [0.717, 1.165) is 38.5 Å². The van der Waals surface area contributed by atoms with Crippen molar-refractivity contribution in [2.24, 2.45) is 13.0 Å². The van der Waals surface area contributed by atoms with E-state index in [2.05, 4.69) is 15.6 Å². The van der Waals surface area contributed by atoms with E-state index in [4.69, 9.17) is 9.47 Å². The first-order chi connectivity index (χ1) is 22.4. The van der Waals surface area contributed by atoms with E-state index in [0.29, 0.717) is 24.5 Å². The van der Waals surface area contributed by atoms with Crippen molar-refractivity contribution in [1.29, 1.82) is 0 Å². The summed E-state index contributed by atoms with van der Waals surface area (Å²) in [5, 5.41) is 16.1. The number of aliphatic hydroxyl groups is 1. The third-order valence-electron chi connectivity index (χ3n) is 9.04. The van der Waals surface area contributed by atoms with Crippen LogP contribution < -0.4 is 15.4 Å². The number of nitrogens with one attached hydrogen (secondary N) is 2. The van der Waals surface area contributed by atoms with Crippen molar-refractivity contribution in [1.82, 2.24) is 24.1 Å². The average molecular weight is 677 g/mol. The van der Waals surface area contributed by atoms with Gasteiger partial charge in [0, 0.05) is 57.6 Å². The number of aryl methyl sites for hydroxylation is 1. The van der Waals surface area contributed by atoms with Gasteiger partial charge in [-0.1, -0.05) is 26.2 Å². The van der Waals surface area contributed by atoms with Crippen LogP contribution in [0.2, 0.25) is 0 Å². The number of hydrogen-bond donors (Lipinski definition) is 3. The van der Waals surface area contributed by atoms with Crippen LogP contribution in [0.25, 0.3) is 0 Å². The lowest BCUT2D eigenvalue weighted by Gasteiger charge is -2.35. The minimum atomic E-state index is -3.87. The lowest BCUT2D eigenvalue weighted by Crippen LogP contribution is -2.48. The molecule has 3 amide bonds. The van der Waals surface area contributed by atoms with Gasteiger partial charge in [0.25, 0.3) is 15.9 Å². The summed E-state index contributed by atoms with van der Waals surface area (Å²) in [6.45, 7) is 5.97. The molecule has 2 aliphatic rings. The molecule has 1 fully saturated rings. The number of carbonyl (C=O) groups is 2. The number of anilines is 1. The number of sulfonamides is 1. The predicted octanol–water partition coefficient (Wildman–Crippen LogP) is 3.99. The highest BCUT2D eigenvalue weighted by Gasteiger charge is 2.33. The number of aliphatic hydroxyl groups excluding tert-OH is 1. The molecule has 0 spiro atoms. The zero-order valence-electron chi connectivity index (χ0n) is 28.4. The van der Waals surface area contributed by atoms with Gasteiger partial charge in [0.05, 0.1) is 36.7 Å². The smallest absolute Gasteiger partial charge is 0.319 e. The molecule has 262 valence electrons. The van der Waals surface area contributed by atoms with Crippen molar-refractivity contribution in [2.45, 2.75) is 101 Å². The zero-order valence-corrected chi connectivity index (χ0v) is 29.2. The molecule has 1 aliphatic carbocycles. The number of imidazole rings is 1. The molecule has 13 nitrogen and oxygen atoms in total. The van der Waals surface area contributed by atoms with Crippen LogP contribution in [0.1, 0.15) is 82.5 Å². The van der Waals surface area contributed by atoms with E-state index in [9.17, 15) is 23.1 Å². The number of carbonyl (C=O) groups excluding carboxylic acids is 2. The highest BCUT2D eigenvalue weighted by Crippen LogP contribution is 2.29. The van der Waals surface area contributed by atoms with Gasteiger partial charge in [0.15, 0.2) is 5.03 Å². The van der Waals surface area contributed by atoms with Gasteiger partial charge in [0.1, 0.15) is 5.75 Å². The molecule has 1 aromatic heterocycles. The topological polar surface area (TPSA) is 155 Å². The second kappa shape index (κ2) is 16.8. The van der Waals surface area contributed by atoms with Gasteiger partial charge in [-0.05, 0) is 64.2 Å². The maximum atomic E-state index is 14.3. The molecule has 0 bridgehead atoms. The Morgan fingerprint density at radius 1 is 1.15 bits per heavy atom. The molecule has 1 aliphatic heterocycles. The van der Waals surface area contributed by atoms with E-state index in [1.165, 1.54) is 30.3 Å². The Morgan fingerprint density at radius 3 is 2.55 bits per heavy atom. The molecule has 0 radical (unpaired) electrons. The number of nitrogens with zero attached hydrogens (tertiary/aromatic N) is 4. The van der Waals surface area contributed by atoms with Gasteiger partial charge in [0.2, 0.25) is 0 Å². The second-order valence-corrected chi connectivity index (χ2v) is 15.1. The van der Waals surface area contributed by atoms with Gasteiger partial charge in [-0.2, -0.15) is 4.31 Å². The number of hydrogen-bond acceptors (Lipinski definition) is 8. The number of amides is 3. The largest absolute Gasteiger partial charge is 0.490 e. The number of rotatable bonds is 8. The third-order valence-corrected chi connectivity index (χ3v) is 10.8. The first kappa shape index (κ1) is 36.6. The summed E-state index contributed by atoms with van der Waals surface area (Å²) in [5.74, 6) is -0.292. The first-order valence-electron chi connectivity index (χ1n) is 16.7. The normalized spacial score (nSPS) is 23.0. The van der Waals surface area contributed by atoms with Crippen LogP contribution in [0.4, 0.5) is 10.5 Å². The number of urea groups is 1. The Hall–Kier alpha value is -3.20. The molecule has 1 saturated carbocycles. The summed E-state index contributed by atoms with van der Waals surface area (Å²) in [4.78, 5) is 32.8. The lowest BCUT2D eigenvalue weighted by molar-refractivity contribution is -0.00835. The highest BCUT2D eigenvalue weighted by atomic mass is 32.2. The lowest BCUT2D eigenvalue weighted by atomic mass is 9.96. The quantitative estimate of drug-likeness (QED) is 0.379. The first-order valence-corrected chi connectivity index (χ1v) is 18.2. The average Bonchev–Trinajstić information content (AvgIpc) is 3.49. The Balaban J connectivity index is 1.60. The Bertz CT molecular complexity index is 1440. The minimum Gasteiger partial charge on any atom is -0.490 e. The summed E-state index contributed by atoms with van der Waals surface area (Å²) in [6.07, 6.45) is 9.67. The monoisotopic (exact) mass is 676 g/mol. The summed E-state index contributed by atoms with van der Waals surface area (Å²) in [6, 6.07) is 4.30.